The number of benzene rings is 1. The van der Waals surface area contributed by atoms with Gasteiger partial charge in [-0.2, -0.15) is 0 Å². The summed E-state index contributed by atoms with van der Waals surface area (Å²) in [4.78, 5) is 0. The fourth-order valence-electron chi connectivity index (χ4n) is 0.821. The molecule has 0 aliphatic heterocycles. The van der Waals surface area contributed by atoms with Crippen LogP contribution >= 0.6 is 34.8 Å². The van der Waals surface area contributed by atoms with Crippen molar-refractivity contribution in [2.24, 2.45) is 0 Å². The first-order valence-electron chi connectivity index (χ1n) is 3.57. The highest BCUT2D eigenvalue weighted by molar-refractivity contribution is 7.93. The Labute approximate surface area is 101 Å². The predicted molar refractivity (Wildman–Crippen MR) is 59.7 cm³/mol. The number of hydrogen-bond acceptors (Lipinski definition) is 2. The van der Waals surface area contributed by atoms with Crippen LogP contribution in [0.4, 0.5) is 10.1 Å². The van der Waals surface area contributed by atoms with Gasteiger partial charge in [-0.15, -0.1) is 11.6 Å². The van der Waals surface area contributed by atoms with Crippen molar-refractivity contribution in [2.45, 2.75) is 0 Å². The van der Waals surface area contributed by atoms with Gasteiger partial charge >= 0.3 is 0 Å². The maximum Gasteiger partial charge on any atom is 0.246 e. The number of sulfonamides is 1. The number of anilines is 1. The van der Waals surface area contributed by atoms with Crippen LogP contribution < -0.4 is 4.72 Å². The molecule has 0 bridgehead atoms. The maximum absolute atomic E-state index is 13.0. The molecule has 3 nitrogen and oxygen atoms in total. The Morgan fingerprint density at radius 1 is 1.27 bits per heavy atom. The molecule has 1 N–H and O–H groups in total. The molecule has 84 valence electrons. The van der Waals surface area contributed by atoms with Crippen LogP contribution in [0.3, 0.4) is 0 Å². The summed E-state index contributed by atoms with van der Waals surface area (Å²) in [5.74, 6) is -0.799. The lowest BCUT2D eigenvalue weighted by molar-refractivity contribution is 0.605. The third-order valence-corrected chi connectivity index (χ3v) is 3.65. The lowest BCUT2D eigenvalue weighted by Gasteiger charge is -2.06. The van der Waals surface area contributed by atoms with Gasteiger partial charge in [0.25, 0.3) is 0 Å². The summed E-state index contributed by atoms with van der Waals surface area (Å²) in [6.07, 6.45) is 0. The van der Waals surface area contributed by atoms with Crippen molar-refractivity contribution in [2.75, 3.05) is 9.93 Å². The fourth-order valence-corrected chi connectivity index (χ4v) is 2.00. The maximum atomic E-state index is 13.0. The van der Waals surface area contributed by atoms with Gasteiger partial charge in [-0.3, -0.25) is 4.72 Å². The van der Waals surface area contributed by atoms with Crippen molar-refractivity contribution < 1.29 is 12.8 Å². The highest BCUT2D eigenvalue weighted by Gasteiger charge is 2.12. The molecule has 0 aromatic heterocycles. The van der Waals surface area contributed by atoms with E-state index >= 15 is 0 Å². The number of rotatable bonds is 3. The summed E-state index contributed by atoms with van der Waals surface area (Å²) in [6, 6.07) is 2.21. The fraction of sp³-hybridized carbons (Fsp3) is 0.143. The van der Waals surface area contributed by atoms with E-state index in [0.717, 1.165) is 12.1 Å². The van der Waals surface area contributed by atoms with Gasteiger partial charge in [-0.05, 0) is 12.1 Å². The largest absolute Gasteiger partial charge is 0.282 e. The molecule has 1 aromatic carbocycles. The van der Waals surface area contributed by atoms with E-state index in [0.29, 0.717) is 0 Å². The topological polar surface area (TPSA) is 46.2 Å². The molecular weight excluding hydrogens is 288 g/mol. The van der Waals surface area contributed by atoms with Gasteiger partial charge in [0.15, 0.2) is 5.82 Å². The quantitative estimate of drug-likeness (QED) is 0.687. The normalized spacial score (nSPS) is 11.5. The Bertz CT molecular complexity index is 454. The summed E-state index contributed by atoms with van der Waals surface area (Å²) in [7, 11) is -3.64. The van der Waals surface area contributed by atoms with E-state index in [1.54, 1.807) is 0 Å². The molecule has 0 aliphatic rings. The third-order valence-electron chi connectivity index (χ3n) is 1.40. The molecule has 0 amide bonds. The summed E-state index contributed by atoms with van der Waals surface area (Å²) >= 11 is 16.1. The highest BCUT2D eigenvalue weighted by Crippen LogP contribution is 2.27. The van der Waals surface area contributed by atoms with Crippen LogP contribution in [0.25, 0.3) is 0 Å². The van der Waals surface area contributed by atoms with E-state index in [1.165, 1.54) is 0 Å². The molecule has 8 heteroatoms. The van der Waals surface area contributed by atoms with E-state index < -0.39 is 21.1 Å². The van der Waals surface area contributed by atoms with E-state index in [9.17, 15) is 12.8 Å². The first kappa shape index (κ1) is 12.8. The lowest BCUT2D eigenvalue weighted by Crippen LogP contribution is -2.13. The summed E-state index contributed by atoms with van der Waals surface area (Å²) < 4.78 is 37.1. The van der Waals surface area contributed by atoms with Gasteiger partial charge in [0, 0.05) is 0 Å². The summed E-state index contributed by atoms with van der Waals surface area (Å²) in [5.41, 5.74) is 0.0621. The van der Waals surface area contributed by atoms with Gasteiger partial charge in [0.2, 0.25) is 10.0 Å². The second kappa shape index (κ2) is 4.74. The zero-order valence-electron chi connectivity index (χ0n) is 7.10. The zero-order valence-corrected chi connectivity index (χ0v) is 10.2. The minimum Gasteiger partial charge on any atom is -0.282 e. The minimum absolute atomic E-state index is 0.0621. The highest BCUT2D eigenvalue weighted by atomic mass is 35.5. The van der Waals surface area contributed by atoms with Crippen LogP contribution in [0.1, 0.15) is 0 Å². The number of hydrogen-bond donors (Lipinski definition) is 1. The summed E-state index contributed by atoms with van der Waals surface area (Å²) in [5, 5.41) is -1.15. The Morgan fingerprint density at radius 3 is 2.13 bits per heavy atom. The molecule has 0 fully saturated rings. The van der Waals surface area contributed by atoms with E-state index in [1.807, 2.05) is 0 Å². The van der Waals surface area contributed by atoms with Crippen LogP contribution in [0.2, 0.25) is 10.0 Å². The van der Waals surface area contributed by atoms with Crippen molar-refractivity contribution in [3.8, 4) is 0 Å². The molecule has 0 saturated heterocycles. The van der Waals surface area contributed by atoms with Crippen molar-refractivity contribution in [3.63, 3.8) is 0 Å². The van der Waals surface area contributed by atoms with Gasteiger partial charge in [0.05, 0.1) is 15.7 Å². The Kier molecular flexibility index (Phi) is 4.06. The van der Waals surface area contributed by atoms with E-state index in [4.69, 9.17) is 34.8 Å². The monoisotopic (exact) mass is 291 g/mol. The smallest absolute Gasteiger partial charge is 0.246 e. The van der Waals surface area contributed by atoms with Crippen molar-refractivity contribution in [1.82, 2.24) is 0 Å². The van der Waals surface area contributed by atoms with Crippen LogP contribution in [0, 0.1) is 5.82 Å². The van der Waals surface area contributed by atoms with E-state index in [-0.39, 0.29) is 15.7 Å². The molecule has 0 heterocycles. The molecular formula is C7H5Cl3FNO2S. The average Bonchev–Trinajstić information content (AvgIpc) is 2.13. The van der Waals surface area contributed by atoms with Gasteiger partial charge < -0.3 is 0 Å². The Morgan fingerprint density at radius 2 is 1.73 bits per heavy atom. The molecule has 0 aliphatic carbocycles. The van der Waals surface area contributed by atoms with Crippen molar-refractivity contribution in [3.05, 3.63) is 28.0 Å². The molecule has 0 saturated carbocycles. The number of nitrogens with one attached hydrogen (secondary N) is 1. The van der Waals surface area contributed by atoms with Gasteiger partial charge in [0.1, 0.15) is 5.21 Å². The Hall–Kier alpha value is -0.230. The molecule has 0 unspecified atom stereocenters. The first-order chi connectivity index (χ1) is 6.85. The molecule has 1 aromatic rings. The minimum atomic E-state index is -3.64. The van der Waals surface area contributed by atoms with Gasteiger partial charge in [-0.25, -0.2) is 12.8 Å². The lowest BCUT2D eigenvalue weighted by atomic mass is 10.3. The van der Waals surface area contributed by atoms with Crippen molar-refractivity contribution in [1.29, 1.82) is 0 Å². The molecule has 1 rings (SSSR count). The second-order valence-corrected chi connectivity index (χ2v) is 5.70. The number of halogens is 4. The molecule has 0 spiro atoms. The van der Waals surface area contributed by atoms with E-state index in [2.05, 4.69) is 4.72 Å². The average molecular weight is 293 g/mol. The molecule has 0 atom stereocenters. The second-order valence-electron chi connectivity index (χ2n) is 2.58. The molecule has 0 radical (unpaired) electrons. The Balaban J connectivity index is 3.08. The summed E-state index contributed by atoms with van der Waals surface area (Å²) in [6.45, 7) is 0. The van der Waals surface area contributed by atoms with Crippen LogP contribution in [-0.4, -0.2) is 13.6 Å². The third kappa shape index (κ3) is 3.38. The standard InChI is InChI=1S/C7H5Cl3FNO2S/c8-3-15(13,14)12-4-1-5(9)7(11)6(10)2-4/h1-2,12H,3H2. The number of alkyl halides is 1. The SMILES string of the molecule is O=S(=O)(CCl)Nc1cc(Cl)c(F)c(Cl)c1. The van der Waals surface area contributed by atoms with Crippen LogP contribution in [0.15, 0.2) is 12.1 Å². The zero-order chi connectivity index (χ0) is 11.6. The molecule has 15 heavy (non-hydrogen) atoms. The first-order valence-corrected chi connectivity index (χ1v) is 6.51. The van der Waals surface area contributed by atoms with Gasteiger partial charge in [-0.1, -0.05) is 23.2 Å². The predicted octanol–water partition coefficient (Wildman–Crippen LogP) is 3.07. The van der Waals surface area contributed by atoms with Crippen LogP contribution in [-0.2, 0) is 10.0 Å². The van der Waals surface area contributed by atoms with Crippen molar-refractivity contribution >= 4 is 50.5 Å². The van der Waals surface area contributed by atoms with Crippen LogP contribution in [0.5, 0.6) is 0 Å².